The summed E-state index contributed by atoms with van der Waals surface area (Å²) in [4.78, 5) is 22.1. The van der Waals surface area contributed by atoms with E-state index in [0.29, 0.717) is 5.92 Å². The van der Waals surface area contributed by atoms with Gasteiger partial charge in [0.25, 0.3) is 0 Å². The smallest absolute Gasteiger partial charge is 0.303 e. The average molecular weight is 247 g/mol. The molecule has 96 valence electrons. The van der Waals surface area contributed by atoms with Crippen LogP contribution in [-0.4, -0.2) is 17.0 Å². The van der Waals surface area contributed by atoms with E-state index in [0.717, 1.165) is 18.4 Å². The van der Waals surface area contributed by atoms with E-state index in [1.165, 1.54) is 0 Å². The molecule has 1 saturated carbocycles. The van der Waals surface area contributed by atoms with Gasteiger partial charge in [-0.1, -0.05) is 30.3 Å². The van der Waals surface area contributed by atoms with Crippen LogP contribution >= 0.6 is 0 Å². The first-order chi connectivity index (χ1) is 8.66. The van der Waals surface area contributed by atoms with E-state index < -0.39 is 5.97 Å². The molecule has 4 nitrogen and oxygen atoms in total. The minimum atomic E-state index is -0.937. The second-order valence-electron chi connectivity index (χ2n) is 4.69. The van der Waals surface area contributed by atoms with Crippen LogP contribution in [0.2, 0.25) is 0 Å². The summed E-state index contributed by atoms with van der Waals surface area (Å²) in [6.45, 7) is 0. The fourth-order valence-corrected chi connectivity index (χ4v) is 2.03. The van der Waals surface area contributed by atoms with Crippen LogP contribution in [0.1, 0.15) is 37.3 Å². The Morgan fingerprint density at radius 2 is 1.89 bits per heavy atom. The van der Waals surface area contributed by atoms with E-state index in [1.807, 2.05) is 30.3 Å². The lowest BCUT2D eigenvalue weighted by Crippen LogP contribution is -2.30. The van der Waals surface area contributed by atoms with Gasteiger partial charge >= 0.3 is 5.97 Å². The van der Waals surface area contributed by atoms with Crippen molar-refractivity contribution in [3.05, 3.63) is 35.9 Å². The molecule has 1 aromatic rings. The average Bonchev–Trinajstić information content (AvgIpc) is 3.19. The van der Waals surface area contributed by atoms with Crippen LogP contribution in [0.5, 0.6) is 0 Å². The van der Waals surface area contributed by atoms with Gasteiger partial charge in [0.05, 0.1) is 12.5 Å². The van der Waals surface area contributed by atoms with E-state index >= 15 is 0 Å². The molecule has 0 spiro atoms. The Morgan fingerprint density at radius 1 is 1.22 bits per heavy atom. The number of benzene rings is 1. The molecule has 1 atom stereocenters. The van der Waals surface area contributed by atoms with E-state index in [9.17, 15) is 9.59 Å². The van der Waals surface area contributed by atoms with Crippen molar-refractivity contribution in [1.82, 2.24) is 5.32 Å². The summed E-state index contributed by atoms with van der Waals surface area (Å²) < 4.78 is 0. The van der Waals surface area contributed by atoms with Gasteiger partial charge in [0, 0.05) is 6.42 Å². The van der Waals surface area contributed by atoms with Gasteiger partial charge in [-0.15, -0.1) is 0 Å². The molecular formula is C14H17NO3. The Morgan fingerprint density at radius 3 is 2.44 bits per heavy atom. The Balaban J connectivity index is 1.95. The number of amides is 1. The summed E-state index contributed by atoms with van der Waals surface area (Å²) in [5.41, 5.74) is 1.10. The minimum absolute atomic E-state index is 0.0347. The molecule has 0 heterocycles. The Kier molecular flexibility index (Phi) is 3.97. The summed E-state index contributed by atoms with van der Waals surface area (Å²) in [5, 5.41) is 11.5. The molecule has 1 aromatic carbocycles. The summed E-state index contributed by atoms with van der Waals surface area (Å²) >= 11 is 0. The highest BCUT2D eigenvalue weighted by molar-refractivity contribution is 5.81. The molecule has 1 fully saturated rings. The van der Waals surface area contributed by atoms with E-state index in [4.69, 9.17) is 5.11 Å². The van der Waals surface area contributed by atoms with Crippen molar-refractivity contribution >= 4 is 11.9 Å². The molecular weight excluding hydrogens is 230 g/mol. The topological polar surface area (TPSA) is 66.4 Å². The SMILES string of the molecule is O=C(O)CCC(=O)NC(c1ccccc1)C1CC1. The van der Waals surface area contributed by atoms with Gasteiger partial charge in [0.15, 0.2) is 0 Å². The van der Waals surface area contributed by atoms with Gasteiger partial charge in [-0.3, -0.25) is 9.59 Å². The fourth-order valence-electron chi connectivity index (χ4n) is 2.03. The lowest BCUT2D eigenvalue weighted by molar-refractivity contribution is -0.139. The predicted molar refractivity (Wildman–Crippen MR) is 66.9 cm³/mol. The lowest BCUT2D eigenvalue weighted by Gasteiger charge is -2.18. The molecule has 0 aromatic heterocycles. The summed E-state index contributed by atoms with van der Waals surface area (Å²) in [7, 11) is 0. The highest BCUT2D eigenvalue weighted by Crippen LogP contribution is 2.40. The minimum Gasteiger partial charge on any atom is -0.481 e. The van der Waals surface area contributed by atoms with Gasteiger partial charge in [0.2, 0.25) is 5.91 Å². The second-order valence-corrected chi connectivity index (χ2v) is 4.69. The van der Waals surface area contributed by atoms with Crippen LogP contribution in [0.4, 0.5) is 0 Å². The number of carbonyl (C=O) groups is 2. The molecule has 1 aliphatic rings. The van der Waals surface area contributed by atoms with Crippen LogP contribution in [0.3, 0.4) is 0 Å². The predicted octanol–water partition coefficient (Wildman–Crippen LogP) is 2.12. The van der Waals surface area contributed by atoms with Crippen molar-refractivity contribution in [3.8, 4) is 0 Å². The van der Waals surface area contributed by atoms with Crippen molar-refractivity contribution in [1.29, 1.82) is 0 Å². The highest BCUT2D eigenvalue weighted by atomic mass is 16.4. The summed E-state index contributed by atoms with van der Waals surface area (Å²) in [5.74, 6) is -0.618. The third-order valence-corrected chi connectivity index (χ3v) is 3.13. The van der Waals surface area contributed by atoms with Crippen LogP contribution in [0.25, 0.3) is 0 Å². The van der Waals surface area contributed by atoms with Crippen LogP contribution < -0.4 is 5.32 Å². The Labute approximate surface area is 106 Å². The van der Waals surface area contributed by atoms with Crippen molar-refractivity contribution < 1.29 is 14.7 Å². The molecule has 2 rings (SSSR count). The number of aliphatic carboxylic acids is 1. The van der Waals surface area contributed by atoms with Gasteiger partial charge in [0.1, 0.15) is 0 Å². The van der Waals surface area contributed by atoms with Crippen molar-refractivity contribution in [2.75, 3.05) is 0 Å². The number of carboxylic acids is 1. The first-order valence-corrected chi connectivity index (χ1v) is 6.23. The molecule has 18 heavy (non-hydrogen) atoms. The second kappa shape index (κ2) is 5.67. The normalized spacial score (nSPS) is 16.0. The molecule has 0 bridgehead atoms. The summed E-state index contributed by atoms with van der Waals surface area (Å²) in [6.07, 6.45) is 2.18. The lowest BCUT2D eigenvalue weighted by atomic mass is 10.0. The van der Waals surface area contributed by atoms with Crippen LogP contribution in [-0.2, 0) is 9.59 Å². The molecule has 1 unspecified atom stereocenters. The third-order valence-electron chi connectivity index (χ3n) is 3.13. The zero-order valence-electron chi connectivity index (χ0n) is 10.1. The van der Waals surface area contributed by atoms with Crippen LogP contribution in [0.15, 0.2) is 30.3 Å². The maximum absolute atomic E-state index is 11.7. The number of hydrogen-bond acceptors (Lipinski definition) is 2. The number of carboxylic acid groups (broad SMARTS) is 1. The molecule has 1 aliphatic carbocycles. The standard InChI is InChI=1S/C14H17NO3/c16-12(8-9-13(17)18)15-14(11-6-7-11)10-4-2-1-3-5-10/h1-5,11,14H,6-9H2,(H,15,16)(H,17,18). The van der Waals surface area contributed by atoms with Gasteiger partial charge in [-0.2, -0.15) is 0 Å². The first-order valence-electron chi connectivity index (χ1n) is 6.23. The number of nitrogens with one attached hydrogen (secondary N) is 1. The number of rotatable bonds is 6. The quantitative estimate of drug-likeness (QED) is 0.809. The molecule has 0 radical (unpaired) electrons. The fraction of sp³-hybridized carbons (Fsp3) is 0.429. The van der Waals surface area contributed by atoms with Gasteiger partial charge < -0.3 is 10.4 Å². The monoisotopic (exact) mass is 247 g/mol. The first kappa shape index (κ1) is 12.6. The molecule has 1 amide bonds. The van der Waals surface area contributed by atoms with Gasteiger partial charge in [-0.25, -0.2) is 0 Å². The summed E-state index contributed by atoms with van der Waals surface area (Å²) in [6, 6.07) is 9.88. The van der Waals surface area contributed by atoms with Crippen molar-refractivity contribution in [3.63, 3.8) is 0 Å². The maximum Gasteiger partial charge on any atom is 0.303 e. The molecule has 4 heteroatoms. The van der Waals surface area contributed by atoms with E-state index in [1.54, 1.807) is 0 Å². The molecule has 0 aliphatic heterocycles. The number of hydrogen-bond donors (Lipinski definition) is 2. The van der Waals surface area contributed by atoms with Crippen LogP contribution in [0, 0.1) is 5.92 Å². The molecule has 2 N–H and O–H groups in total. The van der Waals surface area contributed by atoms with Crippen molar-refractivity contribution in [2.45, 2.75) is 31.7 Å². The van der Waals surface area contributed by atoms with E-state index in [-0.39, 0.29) is 24.8 Å². The van der Waals surface area contributed by atoms with Crippen molar-refractivity contribution in [2.24, 2.45) is 5.92 Å². The zero-order valence-corrected chi connectivity index (χ0v) is 10.1. The molecule has 0 saturated heterocycles. The number of carbonyl (C=O) groups excluding carboxylic acids is 1. The largest absolute Gasteiger partial charge is 0.481 e. The highest BCUT2D eigenvalue weighted by Gasteiger charge is 2.33. The van der Waals surface area contributed by atoms with E-state index in [2.05, 4.69) is 5.32 Å². The Bertz CT molecular complexity index is 426. The van der Waals surface area contributed by atoms with Gasteiger partial charge in [-0.05, 0) is 24.3 Å². The maximum atomic E-state index is 11.7. The zero-order chi connectivity index (χ0) is 13.0. The Hall–Kier alpha value is -1.84. The third kappa shape index (κ3) is 3.58.